The van der Waals surface area contributed by atoms with E-state index >= 15 is 0 Å². The molecule has 0 saturated heterocycles. The van der Waals surface area contributed by atoms with Crippen molar-refractivity contribution < 1.29 is 38.5 Å². The van der Waals surface area contributed by atoms with Gasteiger partial charge in [0.25, 0.3) is 5.97 Å². The number of alkyl carbamates (subject to hydrolysis) is 1. The summed E-state index contributed by atoms with van der Waals surface area (Å²) in [7, 11) is 0. The molecule has 1 aromatic carbocycles. The van der Waals surface area contributed by atoms with E-state index in [1.807, 2.05) is 30.3 Å². The fourth-order valence-electron chi connectivity index (χ4n) is 1.34. The molecule has 1 atom stereocenters. The number of ether oxygens (including phenoxy) is 2. The van der Waals surface area contributed by atoms with E-state index in [9.17, 15) is 9.59 Å². The maximum atomic E-state index is 11.7. The van der Waals surface area contributed by atoms with E-state index in [1.165, 1.54) is 0 Å². The van der Waals surface area contributed by atoms with E-state index in [0.29, 0.717) is 0 Å². The van der Waals surface area contributed by atoms with Gasteiger partial charge in [0.15, 0.2) is 0 Å². The summed E-state index contributed by atoms with van der Waals surface area (Å²) in [6, 6.07) is 8.25. The van der Waals surface area contributed by atoms with Crippen LogP contribution in [0.15, 0.2) is 30.3 Å². The van der Waals surface area contributed by atoms with Crippen LogP contribution in [-0.4, -0.2) is 23.7 Å². The van der Waals surface area contributed by atoms with Crippen LogP contribution in [0.2, 0.25) is 0 Å². The van der Waals surface area contributed by atoms with Gasteiger partial charge in [0.05, 0.1) is 0 Å². The minimum atomic E-state index is -1.01. The first-order chi connectivity index (χ1) is 9.28. The first-order valence-corrected chi connectivity index (χ1v) is 6.31. The number of carbonyl (C=O) groups is 2. The quantitative estimate of drug-likeness (QED) is 0.518. The van der Waals surface area contributed by atoms with E-state index in [-0.39, 0.29) is 26.1 Å². The summed E-state index contributed by atoms with van der Waals surface area (Å²) in [6.45, 7) is 8.88. The van der Waals surface area contributed by atoms with Crippen molar-refractivity contribution in [3.05, 3.63) is 42.8 Å². The second-order valence-corrected chi connectivity index (χ2v) is 5.29. The van der Waals surface area contributed by atoms with Gasteiger partial charge in [0, 0.05) is 25.5 Å². The van der Waals surface area contributed by atoms with Crippen molar-refractivity contribution in [2.24, 2.45) is 0 Å². The number of hydrogen-bond donors (Lipinski definition) is 1. The van der Waals surface area contributed by atoms with Gasteiger partial charge < -0.3 is 21.7 Å². The minimum absolute atomic E-state index is 0. The Hall–Kier alpha value is -1.42. The summed E-state index contributed by atoms with van der Waals surface area (Å²) >= 11 is 0. The zero-order valence-electron chi connectivity index (χ0n) is 12.7. The molecule has 0 radical (unpaired) electrons. The predicted octanol–water partition coefficient (Wildman–Crippen LogP) is 2.45. The third-order valence-electron chi connectivity index (χ3n) is 2.20. The van der Waals surface area contributed by atoms with Crippen molar-refractivity contribution in [2.75, 3.05) is 0 Å². The Morgan fingerprint density at radius 1 is 1.24 bits per heavy atom. The number of benzene rings is 1. The molecular formula is C15H20NO4Zn-. The zero-order valence-corrected chi connectivity index (χ0v) is 15.7. The third kappa shape index (κ3) is 8.46. The van der Waals surface area contributed by atoms with Gasteiger partial charge in [-0.2, -0.15) is 0 Å². The Bertz CT molecular complexity index is 456. The second-order valence-electron chi connectivity index (χ2n) is 5.29. The van der Waals surface area contributed by atoms with Crippen molar-refractivity contribution in [1.29, 1.82) is 0 Å². The predicted molar refractivity (Wildman–Crippen MR) is 74.8 cm³/mol. The molecule has 0 aromatic heterocycles. The largest absolute Gasteiger partial charge is 0.461 e. The van der Waals surface area contributed by atoms with Gasteiger partial charge >= 0.3 is 6.09 Å². The Balaban J connectivity index is 0.00000400. The van der Waals surface area contributed by atoms with Crippen LogP contribution < -0.4 is 5.32 Å². The number of carbonyl (C=O) groups excluding carboxylic acids is 2. The molecule has 1 aromatic rings. The normalized spacial score (nSPS) is 11.8. The van der Waals surface area contributed by atoms with Gasteiger partial charge in [-0.15, -0.1) is 0 Å². The molecule has 0 fully saturated rings. The van der Waals surface area contributed by atoms with Crippen LogP contribution in [0.1, 0.15) is 26.3 Å². The minimum Gasteiger partial charge on any atom is -0.461 e. The summed E-state index contributed by atoms with van der Waals surface area (Å²) < 4.78 is 10.1. The molecule has 0 aliphatic heterocycles. The molecule has 0 saturated carbocycles. The van der Waals surface area contributed by atoms with E-state index in [2.05, 4.69) is 12.2 Å². The molecule has 6 heteroatoms. The number of nitrogens with one attached hydrogen (secondary N) is 1. The van der Waals surface area contributed by atoms with E-state index < -0.39 is 23.7 Å². The van der Waals surface area contributed by atoms with Gasteiger partial charge in [-0.3, -0.25) is 4.79 Å². The average Bonchev–Trinajstić information content (AvgIpc) is 2.34. The Labute approximate surface area is 138 Å². The van der Waals surface area contributed by atoms with Crippen LogP contribution in [0.3, 0.4) is 0 Å². The second kappa shape index (κ2) is 8.78. The summed E-state index contributed by atoms with van der Waals surface area (Å²) in [5.74, 6) is -0.611. The van der Waals surface area contributed by atoms with Gasteiger partial charge in [0.1, 0.15) is 12.2 Å². The van der Waals surface area contributed by atoms with Crippen LogP contribution in [0, 0.1) is 6.92 Å². The average molecular weight is 344 g/mol. The fourth-order valence-corrected chi connectivity index (χ4v) is 1.34. The molecule has 0 aliphatic rings. The van der Waals surface area contributed by atoms with Crippen LogP contribution in [0.5, 0.6) is 0 Å². The first kappa shape index (κ1) is 19.6. The van der Waals surface area contributed by atoms with Crippen LogP contribution in [0.25, 0.3) is 0 Å². The fraction of sp³-hybridized carbons (Fsp3) is 0.400. The molecule has 112 valence electrons. The maximum Gasteiger partial charge on any atom is 0.405 e. The molecule has 0 spiro atoms. The van der Waals surface area contributed by atoms with Crippen molar-refractivity contribution in [3.63, 3.8) is 0 Å². The molecule has 21 heavy (non-hydrogen) atoms. The van der Waals surface area contributed by atoms with Crippen LogP contribution in [0.4, 0.5) is 4.79 Å². The SMILES string of the molecule is [CH2-]C(NC(=O)OC(C)(C)C)C(=O)OCc1ccccc1.[Zn]. The number of amides is 1. The number of hydrogen-bond acceptors (Lipinski definition) is 4. The molecule has 1 unspecified atom stereocenters. The Kier molecular flexibility index (Phi) is 8.19. The summed E-state index contributed by atoms with van der Waals surface area (Å²) in [5, 5.41) is 2.33. The third-order valence-corrected chi connectivity index (χ3v) is 2.20. The summed E-state index contributed by atoms with van der Waals surface area (Å²) in [5.41, 5.74) is 0.239. The zero-order chi connectivity index (χ0) is 15.2. The van der Waals surface area contributed by atoms with Crippen molar-refractivity contribution in [3.8, 4) is 0 Å². The van der Waals surface area contributed by atoms with Crippen molar-refractivity contribution in [2.45, 2.75) is 39.0 Å². The molecule has 1 amide bonds. The van der Waals surface area contributed by atoms with E-state index in [4.69, 9.17) is 9.47 Å². The molecule has 0 bridgehead atoms. The summed E-state index contributed by atoms with van der Waals surface area (Å²) in [6.07, 6.45) is -0.700. The van der Waals surface area contributed by atoms with Gasteiger partial charge in [-0.25, -0.2) is 4.79 Å². The maximum absolute atomic E-state index is 11.7. The number of esters is 1. The summed E-state index contributed by atoms with van der Waals surface area (Å²) in [4.78, 5) is 23.1. The van der Waals surface area contributed by atoms with Crippen LogP contribution in [-0.2, 0) is 40.4 Å². The van der Waals surface area contributed by atoms with E-state index in [1.54, 1.807) is 20.8 Å². The topological polar surface area (TPSA) is 64.6 Å². The van der Waals surface area contributed by atoms with Gasteiger partial charge in [-0.05, 0) is 26.3 Å². The molecule has 0 aliphatic carbocycles. The standard InChI is InChI=1S/C15H20NO4.Zn/c1-11(16-14(18)20-15(2,3)4)13(17)19-10-12-8-6-5-7-9-12;/h5-9,11H,1,10H2,2-4H3,(H,16,18);/q-1;. The van der Waals surface area contributed by atoms with Crippen molar-refractivity contribution in [1.82, 2.24) is 5.32 Å². The van der Waals surface area contributed by atoms with E-state index in [0.717, 1.165) is 5.56 Å². The Morgan fingerprint density at radius 2 is 1.81 bits per heavy atom. The first-order valence-electron chi connectivity index (χ1n) is 6.31. The monoisotopic (exact) mass is 342 g/mol. The molecule has 5 nitrogen and oxygen atoms in total. The molecule has 1 rings (SSSR count). The molecule has 1 N–H and O–H groups in total. The molecular weight excluding hydrogens is 324 g/mol. The smallest absolute Gasteiger partial charge is 0.405 e. The van der Waals surface area contributed by atoms with Crippen molar-refractivity contribution >= 4 is 12.1 Å². The van der Waals surface area contributed by atoms with Gasteiger partial charge in [-0.1, -0.05) is 30.3 Å². The number of rotatable bonds is 4. The Morgan fingerprint density at radius 3 is 2.33 bits per heavy atom. The van der Waals surface area contributed by atoms with Crippen LogP contribution >= 0.6 is 0 Å². The molecule has 0 heterocycles. The van der Waals surface area contributed by atoms with Gasteiger partial charge in [0.2, 0.25) is 0 Å².